The van der Waals surface area contributed by atoms with Crippen LogP contribution in [0.15, 0.2) is 24.4 Å². The zero-order valence-corrected chi connectivity index (χ0v) is 13.1. The number of aromatic nitrogens is 1. The average Bonchev–Trinajstić information content (AvgIpc) is 2.57. The summed E-state index contributed by atoms with van der Waals surface area (Å²) in [5.41, 5.74) is 0. The van der Waals surface area contributed by atoms with E-state index < -0.39 is 0 Å². The molecule has 0 unspecified atom stereocenters. The molecule has 1 saturated heterocycles. The molecule has 3 heteroatoms. The first kappa shape index (κ1) is 14.8. The summed E-state index contributed by atoms with van der Waals surface area (Å²) in [5, 5.41) is 3.79. The SMILES string of the molecule is c1ccc(N2CCC(NCCC3CCCCC3)CC2)nc1. The van der Waals surface area contributed by atoms with E-state index in [1.165, 1.54) is 57.9 Å². The molecule has 116 valence electrons. The van der Waals surface area contributed by atoms with Crippen LogP contribution in [0.4, 0.5) is 5.82 Å². The molecule has 1 saturated carbocycles. The number of pyridine rings is 1. The summed E-state index contributed by atoms with van der Waals surface area (Å²) in [6, 6.07) is 6.91. The molecule has 21 heavy (non-hydrogen) atoms. The minimum absolute atomic E-state index is 0.716. The van der Waals surface area contributed by atoms with Crippen LogP contribution in [0.5, 0.6) is 0 Å². The van der Waals surface area contributed by atoms with Crippen LogP contribution < -0.4 is 10.2 Å². The molecular weight excluding hydrogens is 258 g/mol. The second kappa shape index (κ2) is 7.79. The first-order valence-electron chi connectivity index (χ1n) is 8.81. The minimum atomic E-state index is 0.716. The van der Waals surface area contributed by atoms with Gasteiger partial charge in [0.2, 0.25) is 0 Å². The predicted molar refractivity (Wildman–Crippen MR) is 88.7 cm³/mol. The van der Waals surface area contributed by atoms with Gasteiger partial charge in [0.1, 0.15) is 5.82 Å². The number of nitrogens with one attached hydrogen (secondary N) is 1. The number of hydrogen-bond acceptors (Lipinski definition) is 3. The number of nitrogens with zero attached hydrogens (tertiary/aromatic N) is 2. The molecular formula is C18H29N3. The van der Waals surface area contributed by atoms with Crippen LogP contribution in [0.1, 0.15) is 51.4 Å². The van der Waals surface area contributed by atoms with Gasteiger partial charge in [0.25, 0.3) is 0 Å². The summed E-state index contributed by atoms with van der Waals surface area (Å²) >= 11 is 0. The zero-order valence-electron chi connectivity index (χ0n) is 13.1. The van der Waals surface area contributed by atoms with Gasteiger partial charge >= 0.3 is 0 Å². The van der Waals surface area contributed by atoms with Crippen molar-refractivity contribution in [2.45, 2.75) is 57.4 Å². The zero-order chi connectivity index (χ0) is 14.3. The highest BCUT2D eigenvalue weighted by molar-refractivity contribution is 5.38. The molecule has 3 nitrogen and oxygen atoms in total. The fraction of sp³-hybridized carbons (Fsp3) is 0.722. The van der Waals surface area contributed by atoms with Crippen molar-refractivity contribution in [2.24, 2.45) is 5.92 Å². The third kappa shape index (κ3) is 4.44. The summed E-state index contributed by atoms with van der Waals surface area (Å²) in [7, 11) is 0. The number of piperidine rings is 1. The summed E-state index contributed by atoms with van der Waals surface area (Å²) in [6.45, 7) is 3.50. The summed E-state index contributed by atoms with van der Waals surface area (Å²) in [4.78, 5) is 6.87. The van der Waals surface area contributed by atoms with E-state index in [1.807, 2.05) is 12.3 Å². The molecule has 1 aliphatic heterocycles. The molecule has 1 aromatic rings. The first-order chi connectivity index (χ1) is 10.4. The van der Waals surface area contributed by atoms with Crippen LogP contribution in [0.3, 0.4) is 0 Å². The van der Waals surface area contributed by atoms with Crippen molar-refractivity contribution in [3.05, 3.63) is 24.4 Å². The van der Waals surface area contributed by atoms with E-state index >= 15 is 0 Å². The number of hydrogen-bond donors (Lipinski definition) is 1. The standard InChI is InChI=1S/C18H29N3/c1-2-6-16(7-3-1)9-13-19-17-10-14-21(15-11-17)18-8-4-5-12-20-18/h4-5,8,12,16-17,19H,1-3,6-7,9-11,13-15H2. The van der Waals surface area contributed by atoms with Gasteiger partial charge in [-0.3, -0.25) is 0 Å². The molecule has 2 fully saturated rings. The van der Waals surface area contributed by atoms with E-state index in [0.29, 0.717) is 6.04 Å². The van der Waals surface area contributed by atoms with Gasteiger partial charge in [0, 0.05) is 25.3 Å². The summed E-state index contributed by atoms with van der Waals surface area (Å²) in [5.74, 6) is 2.14. The lowest BCUT2D eigenvalue weighted by Gasteiger charge is -2.33. The van der Waals surface area contributed by atoms with E-state index in [2.05, 4.69) is 27.3 Å². The van der Waals surface area contributed by atoms with Gasteiger partial charge in [-0.25, -0.2) is 4.98 Å². The molecule has 2 heterocycles. The summed E-state index contributed by atoms with van der Waals surface area (Å²) < 4.78 is 0. The maximum atomic E-state index is 4.46. The van der Waals surface area contributed by atoms with E-state index in [1.54, 1.807) is 0 Å². The fourth-order valence-electron chi connectivity index (χ4n) is 3.82. The number of anilines is 1. The second-order valence-corrected chi connectivity index (χ2v) is 6.70. The molecule has 0 aromatic carbocycles. The Morgan fingerprint density at radius 1 is 1.05 bits per heavy atom. The lowest BCUT2D eigenvalue weighted by atomic mass is 9.87. The van der Waals surface area contributed by atoms with Gasteiger partial charge in [-0.2, -0.15) is 0 Å². The Bertz CT molecular complexity index is 392. The van der Waals surface area contributed by atoms with Crippen molar-refractivity contribution < 1.29 is 0 Å². The van der Waals surface area contributed by atoms with Gasteiger partial charge in [-0.15, -0.1) is 0 Å². The quantitative estimate of drug-likeness (QED) is 0.896. The van der Waals surface area contributed by atoms with Gasteiger partial charge in [-0.1, -0.05) is 38.2 Å². The normalized spacial score (nSPS) is 21.6. The van der Waals surface area contributed by atoms with Gasteiger partial charge in [0.15, 0.2) is 0 Å². The van der Waals surface area contributed by atoms with Crippen LogP contribution in [-0.2, 0) is 0 Å². The van der Waals surface area contributed by atoms with E-state index in [4.69, 9.17) is 0 Å². The summed E-state index contributed by atoms with van der Waals surface area (Å²) in [6.07, 6.45) is 13.1. The fourth-order valence-corrected chi connectivity index (χ4v) is 3.82. The van der Waals surface area contributed by atoms with Crippen LogP contribution in [0.2, 0.25) is 0 Å². The van der Waals surface area contributed by atoms with Crippen molar-refractivity contribution in [3.8, 4) is 0 Å². The first-order valence-corrected chi connectivity index (χ1v) is 8.81. The van der Waals surface area contributed by atoms with Crippen LogP contribution in [-0.4, -0.2) is 30.7 Å². The molecule has 0 spiro atoms. The smallest absolute Gasteiger partial charge is 0.128 e. The van der Waals surface area contributed by atoms with E-state index in [-0.39, 0.29) is 0 Å². The monoisotopic (exact) mass is 287 g/mol. The lowest BCUT2D eigenvalue weighted by molar-refractivity contribution is 0.319. The Balaban J connectivity index is 1.34. The highest BCUT2D eigenvalue weighted by atomic mass is 15.2. The maximum Gasteiger partial charge on any atom is 0.128 e. The Morgan fingerprint density at radius 2 is 1.86 bits per heavy atom. The maximum absolute atomic E-state index is 4.46. The second-order valence-electron chi connectivity index (χ2n) is 6.70. The molecule has 0 radical (unpaired) electrons. The Kier molecular flexibility index (Phi) is 5.50. The molecule has 0 atom stereocenters. The highest BCUT2D eigenvalue weighted by Gasteiger charge is 2.20. The van der Waals surface area contributed by atoms with Crippen molar-refractivity contribution >= 4 is 5.82 Å². The van der Waals surface area contributed by atoms with Crippen LogP contribution >= 0.6 is 0 Å². The molecule has 1 aliphatic carbocycles. The topological polar surface area (TPSA) is 28.2 Å². The van der Waals surface area contributed by atoms with Crippen LogP contribution in [0.25, 0.3) is 0 Å². The largest absolute Gasteiger partial charge is 0.357 e. The Labute approximate surface area is 129 Å². The highest BCUT2D eigenvalue weighted by Crippen LogP contribution is 2.26. The Hall–Kier alpha value is -1.09. The number of rotatable bonds is 5. The van der Waals surface area contributed by atoms with Gasteiger partial charge in [0.05, 0.1) is 0 Å². The lowest BCUT2D eigenvalue weighted by Crippen LogP contribution is -2.43. The van der Waals surface area contributed by atoms with Crippen molar-refractivity contribution in [1.29, 1.82) is 0 Å². The third-order valence-electron chi connectivity index (χ3n) is 5.18. The van der Waals surface area contributed by atoms with E-state index in [9.17, 15) is 0 Å². The van der Waals surface area contributed by atoms with Gasteiger partial charge < -0.3 is 10.2 Å². The molecule has 1 N–H and O–H groups in total. The Morgan fingerprint density at radius 3 is 2.57 bits per heavy atom. The molecule has 0 amide bonds. The van der Waals surface area contributed by atoms with E-state index in [0.717, 1.165) is 24.8 Å². The molecule has 1 aromatic heterocycles. The average molecular weight is 287 g/mol. The molecule has 2 aliphatic rings. The van der Waals surface area contributed by atoms with Crippen LogP contribution in [0, 0.1) is 5.92 Å². The minimum Gasteiger partial charge on any atom is -0.357 e. The predicted octanol–water partition coefficient (Wildman–Crippen LogP) is 3.61. The van der Waals surface area contributed by atoms with Crippen molar-refractivity contribution in [1.82, 2.24) is 10.3 Å². The van der Waals surface area contributed by atoms with Crippen molar-refractivity contribution in [3.63, 3.8) is 0 Å². The third-order valence-corrected chi connectivity index (χ3v) is 5.18. The van der Waals surface area contributed by atoms with Gasteiger partial charge in [-0.05, 0) is 43.9 Å². The molecule has 3 rings (SSSR count). The molecule has 0 bridgehead atoms. The van der Waals surface area contributed by atoms with Crippen molar-refractivity contribution in [2.75, 3.05) is 24.5 Å².